The molecule has 0 saturated heterocycles. The second-order valence-electron chi connectivity index (χ2n) is 8.31. The maximum atomic E-state index is 13.9. The Bertz CT molecular complexity index is 1580. The summed E-state index contributed by atoms with van der Waals surface area (Å²) in [6, 6.07) is 10.7. The number of anilines is 1. The number of aryl methyl sites for hydroxylation is 1. The van der Waals surface area contributed by atoms with Gasteiger partial charge in [0.15, 0.2) is 34.4 Å². The number of carbonyl (C=O) groups is 2. The Balaban J connectivity index is 1.66. The normalized spacial score (nSPS) is 15.5. The average Bonchev–Trinajstić information content (AvgIpc) is 3.58. The molecule has 0 saturated carbocycles. The van der Waals surface area contributed by atoms with Crippen molar-refractivity contribution < 1.29 is 33.3 Å². The predicted octanol–water partition coefficient (Wildman–Crippen LogP) is 6.26. The standard InChI is InChI=1S/C27H22ClNO7S/c1-13-7-8-37-26(13)22-21(23(30)19-10-14-9-15(28)11-20(35-4)25(14)36-19)24(31)27(32)29(22)16-5-6-17(33-2)18(12-16)34-3/h5-12,22,31H,1-4H3. The van der Waals surface area contributed by atoms with Crippen molar-refractivity contribution in [3.63, 3.8) is 0 Å². The van der Waals surface area contributed by atoms with Gasteiger partial charge in [-0.15, -0.1) is 11.3 Å². The lowest BCUT2D eigenvalue weighted by atomic mass is 9.98. The van der Waals surface area contributed by atoms with Gasteiger partial charge in [-0.25, -0.2) is 0 Å². The molecule has 1 unspecified atom stereocenters. The van der Waals surface area contributed by atoms with Crippen LogP contribution in [0.1, 0.15) is 27.0 Å². The molecule has 10 heteroatoms. The molecule has 0 aliphatic carbocycles. The van der Waals surface area contributed by atoms with E-state index >= 15 is 0 Å². The molecule has 2 aromatic heterocycles. The van der Waals surface area contributed by atoms with Crippen LogP contribution in [0.3, 0.4) is 0 Å². The summed E-state index contributed by atoms with van der Waals surface area (Å²) in [7, 11) is 4.47. The van der Waals surface area contributed by atoms with E-state index in [9.17, 15) is 14.7 Å². The van der Waals surface area contributed by atoms with E-state index in [1.807, 2.05) is 18.4 Å². The fourth-order valence-corrected chi connectivity index (χ4v) is 5.71. The van der Waals surface area contributed by atoms with Crippen LogP contribution in [0.25, 0.3) is 11.0 Å². The summed E-state index contributed by atoms with van der Waals surface area (Å²) < 4.78 is 21.9. The van der Waals surface area contributed by atoms with Gasteiger partial charge in [-0.3, -0.25) is 14.5 Å². The zero-order chi connectivity index (χ0) is 26.4. The van der Waals surface area contributed by atoms with Gasteiger partial charge in [0.25, 0.3) is 5.91 Å². The molecule has 8 nitrogen and oxygen atoms in total. The molecule has 1 amide bonds. The molecular formula is C27H22ClNO7S. The molecule has 0 fully saturated rings. The zero-order valence-electron chi connectivity index (χ0n) is 20.3. The van der Waals surface area contributed by atoms with Crippen molar-refractivity contribution in [3.05, 3.63) is 80.4 Å². The zero-order valence-corrected chi connectivity index (χ0v) is 21.9. The number of amides is 1. The van der Waals surface area contributed by atoms with E-state index in [2.05, 4.69) is 0 Å². The van der Waals surface area contributed by atoms with E-state index in [4.69, 9.17) is 30.2 Å². The van der Waals surface area contributed by atoms with E-state index in [1.165, 1.54) is 43.6 Å². The molecule has 2 aromatic carbocycles. The summed E-state index contributed by atoms with van der Waals surface area (Å²) >= 11 is 7.56. The van der Waals surface area contributed by atoms with Crippen LogP contribution < -0.4 is 19.1 Å². The minimum absolute atomic E-state index is 0.0571. The Hall–Kier alpha value is -3.95. The summed E-state index contributed by atoms with van der Waals surface area (Å²) in [5.74, 6) is -0.813. The number of fused-ring (bicyclic) bond motifs is 1. The van der Waals surface area contributed by atoms with Crippen molar-refractivity contribution in [2.75, 3.05) is 26.2 Å². The monoisotopic (exact) mass is 539 g/mol. The molecule has 3 heterocycles. The van der Waals surface area contributed by atoms with Gasteiger partial charge in [0.2, 0.25) is 5.78 Å². The highest BCUT2D eigenvalue weighted by molar-refractivity contribution is 7.10. The Labute approximate surface area is 221 Å². The molecule has 1 N–H and O–H groups in total. The molecule has 1 aliphatic rings. The largest absolute Gasteiger partial charge is 0.503 e. The first-order valence-corrected chi connectivity index (χ1v) is 12.4. The molecule has 5 rings (SSSR count). The Morgan fingerprint density at radius 2 is 1.76 bits per heavy atom. The van der Waals surface area contributed by atoms with Gasteiger partial charge in [-0.2, -0.15) is 0 Å². The lowest BCUT2D eigenvalue weighted by Crippen LogP contribution is -2.31. The van der Waals surface area contributed by atoms with Crippen molar-refractivity contribution in [1.82, 2.24) is 0 Å². The maximum absolute atomic E-state index is 13.9. The SMILES string of the molecule is COc1ccc(N2C(=O)C(O)=C(C(=O)c3cc4cc(Cl)cc(OC)c4o3)C2c2sccc2C)cc1OC. The summed E-state index contributed by atoms with van der Waals surface area (Å²) in [6.07, 6.45) is 0. The third-order valence-corrected chi connectivity index (χ3v) is 7.53. The first-order valence-electron chi connectivity index (χ1n) is 11.1. The van der Waals surface area contributed by atoms with E-state index in [0.29, 0.717) is 38.9 Å². The molecule has 1 aliphatic heterocycles. The highest BCUT2D eigenvalue weighted by atomic mass is 35.5. The number of benzene rings is 2. The maximum Gasteiger partial charge on any atom is 0.294 e. The number of hydrogen-bond acceptors (Lipinski definition) is 8. The van der Waals surface area contributed by atoms with Gasteiger partial charge < -0.3 is 23.7 Å². The van der Waals surface area contributed by atoms with Gasteiger partial charge in [0.05, 0.1) is 26.9 Å². The average molecular weight is 540 g/mol. The summed E-state index contributed by atoms with van der Waals surface area (Å²) in [5, 5.41) is 13.9. The molecule has 1 atom stereocenters. The lowest BCUT2D eigenvalue weighted by molar-refractivity contribution is -0.117. The minimum Gasteiger partial charge on any atom is -0.503 e. The van der Waals surface area contributed by atoms with E-state index in [1.54, 1.807) is 30.3 Å². The van der Waals surface area contributed by atoms with Crippen LogP contribution in [0.4, 0.5) is 5.69 Å². The Morgan fingerprint density at radius 1 is 1.03 bits per heavy atom. The second-order valence-corrected chi connectivity index (χ2v) is 9.70. The van der Waals surface area contributed by atoms with E-state index < -0.39 is 23.5 Å². The number of ether oxygens (including phenoxy) is 3. The summed E-state index contributed by atoms with van der Waals surface area (Å²) in [5.41, 5.74) is 1.54. The van der Waals surface area contributed by atoms with Crippen LogP contribution in [0.15, 0.2) is 63.6 Å². The van der Waals surface area contributed by atoms with Gasteiger partial charge in [-0.05, 0) is 48.2 Å². The van der Waals surface area contributed by atoms with Crippen LogP contribution >= 0.6 is 22.9 Å². The Morgan fingerprint density at radius 3 is 2.41 bits per heavy atom. The van der Waals surface area contributed by atoms with E-state index in [-0.39, 0.29) is 11.3 Å². The van der Waals surface area contributed by atoms with E-state index in [0.717, 1.165) is 10.4 Å². The fraction of sp³-hybridized carbons (Fsp3) is 0.185. The third kappa shape index (κ3) is 4.00. The third-order valence-electron chi connectivity index (χ3n) is 6.24. The number of aliphatic hydroxyl groups excluding tert-OH is 1. The number of carbonyl (C=O) groups excluding carboxylic acids is 2. The summed E-state index contributed by atoms with van der Waals surface area (Å²) in [6.45, 7) is 1.88. The Kier molecular flexibility index (Phi) is 6.35. The molecule has 0 radical (unpaired) electrons. The number of ketones is 1. The quantitative estimate of drug-likeness (QED) is 0.276. The molecule has 37 heavy (non-hydrogen) atoms. The minimum atomic E-state index is -0.892. The van der Waals surface area contributed by atoms with Crippen LogP contribution in [-0.4, -0.2) is 38.1 Å². The first kappa shape index (κ1) is 24.7. The lowest BCUT2D eigenvalue weighted by Gasteiger charge is -2.27. The summed E-state index contributed by atoms with van der Waals surface area (Å²) in [4.78, 5) is 29.4. The number of rotatable bonds is 7. The highest BCUT2D eigenvalue weighted by Crippen LogP contribution is 2.46. The topological polar surface area (TPSA) is 98.4 Å². The number of methoxy groups -OCH3 is 3. The number of thiophene rings is 1. The molecule has 4 aromatic rings. The predicted molar refractivity (Wildman–Crippen MR) is 141 cm³/mol. The number of furan rings is 1. The molecular weight excluding hydrogens is 518 g/mol. The number of nitrogens with zero attached hydrogens (tertiary/aromatic N) is 1. The van der Waals surface area contributed by atoms with Gasteiger partial charge in [0, 0.05) is 33.1 Å². The number of Topliss-reactive ketones (excluding diaryl/α,β-unsaturated/α-hetero) is 1. The van der Waals surface area contributed by atoms with Crippen LogP contribution in [0.2, 0.25) is 5.02 Å². The van der Waals surface area contributed by atoms with Crippen molar-refractivity contribution in [2.45, 2.75) is 13.0 Å². The van der Waals surface area contributed by atoms with Crippen LogP contribution in [0, 0.1) is 6.92 Å². The van der Waals surface area contributed by atoms with Crippen LogP contribution in [0.5, 0.6) is 17.2 Å². The highest BCUT2D eigenvalue weighted by Gasteiger charge is 2.46. The fourth-order valence-electron chi connectivity index (χ4n) is 4.47. The number of halogens is 1. The second kappa shape index (κ2) is 9.49. The van der Waals surface area contributed by atoms with Crippen LogP contribution in [-0.2, 0) is 4.79 Å². The van der Waals surface area contributed by atoms with Crippen molar-refractivity contribution in [2.24, 2.45) is 0 Å². The van der Waals surface area contributed by atoms with Gasteiger partial charge >= 0.3 is 0 Å². The van der Waals surface area contributed by atoms with Gasteiger partial charge in [0.1, 0.15) is 6.04 Å². The molecule has 190 valence electrons. The number of aliphatic hydroxyl groups is 1. The van der Waals surface area contributed by atoms with Crippen molar-refractivity contribution >= 4 is 51.3 Å². The van der Waals surface area contributed by atoms with Crippen molar-refractivity contribution in [1.29, 1.82) is 0 Å². The van der Waals surface area contributed by atoms with Crippen molar-refractivity contribution in [3.8, 4) is 17.2 Å². The van der Waals surface area contributed by atoms with Gasteiger partial charge in [-0.1, -0.05) is 11.6 Å². The molecule has 0 spiro atoms. The smallest absolute Gasteiger partial charge is 0.294 e. The molecule has 0 bridgehead atoms. The number of hydrogen-bond donors (Lipinski definition) is 1. The first-order chi connectivity index (χ1) is 17.8.